The van der Waals surface area contributed by atoms with Crippen LogP contribution in [0.25, 0.3) is 0 Å². The van der Waals surface area contributed by atoms with Crippen molar-refractivity contribution in [2.24, 2.45) is 4.40 Å². The lowest BCUT2D eigenvalue weighted by atomic mass is 10.1. The number of ether oxygens (including phenoxy) is 1. The number of sulfonamides is 1. The average Bonchev–Trinajstić information content (AvgIpc) is 2.94. The minimum atomic E-state index is -3.58. The van der Waals surface area contributed by atoms with Gasteiger partial charge in [-0.05, 0) is 18.2 Å². The Kier molecular flexibility index (Phi) is 4.33. The standard InChI is InChI=1S/C17H19N5O3S/c1-25-12-15-18-7-6-16(19-15)21-8-10-22(11-9-21)17-13-4-2-3-5-14(13)26(23,24)20-17/h2-7H,8-12H2,1H3. The predicted molar refractivity (Wildman–Crippen MR) is 96.7 cm³/mol. The van der Waals surface area contributed by atoms with E-state index in [2.05, 4.69) is 19.3 Å². The Morgan fingerprint density at radius 3 is 2.58 bits per heavy atom. The van der Waals surface area contributed by atoms with Gasteiger partial charge >= 0.3 is 0 Å². The summed E-state index contributed by atoms with van der Waals surface area (Å²) in [6.45, 7) is 3.17. The Morgan fingerprint density at radius 2 is 1.81 bits per heavy atom. The summed E-state index contributed by atoms with van der Waals surface area (Å²) < 4.78 is 33.6. The Labute approximate surface area is 152 Å². The van der Waals surface area contributed by atoms with Crippen molar-refractivity contribution in [1.29, 1.82) is 0 Å². The number of amidine groups is 1. The van der Waals surface area contributed by atoms with Gasteiger partial charge in [0.25, 0.3) is 10.0 Å². The molecule has 0 unspecified atom stereocenters. The van der Waals surface area contributed by atoms with Crippen LogP contribution in [-0.2, 0) is 21.4 Å². The number of anilines is 1. The maximum atomic E-state index is 12.2. The zero-order chi connectivity index (χ0) is 18.1. The summed E-state index contributed by atoms with van der Waals surface area (Å²) in [5.74, 6) is 2.05. The second-order valence-electron chi connectivity index (χ2n) is 6.12. The van der Waals surface area contributed by atoms with Gasteiger partial charge in [0, 0.05) is 45.0 Å². The fourth-order valence-corrected chi connectivity index (χ4v) is 4.45. The van der Waals surface area contributed by atoms with Crippen molar-refractivity contribution < 1.29 is 13.2 Å². The molecule has 4 rings (SSSR count). The van der Waals surface area contributed by atoms with Gasteiger partial charge in [-0.2, -0.15) is 8.42 Å². The number of fused-ring (bicyclic) bond motifs is 1. The van der Waals surface area contributed by atoms with E-state index in [9.17, 15) is 8.42 Å². The van der Waals surface area contributed by atoms with Crippen LogP contribution in [0.4, 0.5) is 5.82 Å². The average molecular weight is 373 g/mol. The summed E-state index contributed by atoms with van der Waals surface area (Å²) in [4.78, 5) is 13.2. The van der Waals surface area contributed by atoms with Crippen molar-refractivity contribution in [3.8, 4) is 0 Å². The van der Waals surface area contributed by atoms with Crippen molar-refractivity contribution >= 4 is 21.7 Å². The molecule has 0 aliphatic carbocycles. The summed E-state index contributed by atoms with van der Waals surface area (Å²) in [6.07, 6.45) is 1.73. The lowest BCUT2D eigenvalue weighted by Crippen LogP contribution is -2.49. The van der Waals surface area contributed by atoms with Crippen LogP contribution >= 0.6 is 0 Å². The van der Waals surface area contributed by atoms with Gasteiger partial charge in [-0.3, -0.25) is 0 Å². The van der Waals surface area contributed by atoms with Gasteiger partial charge in [-0.1, -0.05) is 12.1 Å². The quantitative estimate of drug-likeness (QED) is 0.790. The maximum absolute atomic E-state index is 12.2. The molecule has 0 radical (unpaired) electrons. The lowest BCUT2D eigenvalue weighted by Gasteiger charge is -2.36. The second kappa shape index (κ2) is 6.65. The highest BCUT2D eigenvalue weighted by atomic mass is 32.2. The highest BCUT2D eigenvalue weighted by molar-refractivity contribution is 7.90. The van der Waals surface area contributed by atoms with Crippen molar-refractivity contribution in [2.45, 2.75) is 11.5 Å². The van der Waals surface area contributed by atoms with E-state index >= 15 is 0 Å². The van der Waals surface area contributed by atoms with E-state index in [0.717, 1.165) is 18.9 Å². The summed E-state index contributed by atoms with van der Waals surface area (Å²) in [7, 11) is -1.97. The number of rotatable bonds is 3. The zero-order valence-corrected chi connectivity index (χ0v) is 15.2. The van der Waals surface area contributed by atoms with E-state index < -0.39 is 10.0 Å². The molecule has 0 amide bonds. The summed E-state index contributed by atoms with van der Waals surface area (Å²) in [5, 5.41) is 0. The SMILES string of the molecule is COCc1nccc(N2CCN(C3=NS(=O)(=O)c4ccccc43)CC2)n1. The Balaban J connectivity index is 1.50. The van der Waals surface area contributed by atoms with E-state index in [-0.39, 0.29) is 4.90 Å². The molecule has 3 heterocycles. The number of aromatic nitrogens is 2. The molecule has 136 valence electrons. The van der Waals surface area contributed by atoms with E-state index in [4.69, 9.17) is 4.74 Å². The highest BCUT2D eigenvalue weighted by Gasteiger charge is 2.33. The molecule has 1 aromatic carbocycles. The van der Waals surface area contributed by atoms with Crippen molar-refractivity contribution in [3.63, 3.8) is 0 Å². The van der Waals surface area contributed by atoms with Crippen molar-refractivity contribution in [2.75, 3.05) is 38.2 Å². The van der Waals surface area contributed by atoms with Crippen LogP contribution in [0.5, 0.6) is 0 Å². The topological polar surface area (TPSA) is 88.0 Å². The largest absolute Gasteiger partial charge is 0.377 e. The minimum absolute atomic E-state index is 0.289. The number of methoxy groups -OCH3 is 1. The Bertz CT molecular complexity index is 952. The van der Waals surface area contributed by atoms with Crippen LogP contribution in [0.3, 0.4) is 0 Å². The Morgan fingerprint density at radius 1 is 1.08 bits per heavy atom. The number of hydrogen-bond acceptors (Lipinski definition) is 7. The van der Waals surface area contributed by atoms with Crippen LogP contribution in [0.1, 0.15) is 11.4 Å². The summed E-state index contributed by atoms with van der Waals surface area (Å²) in [6, 6.07) is 8.85. The van der Waals surface area contributed by atoms with Crippen molar-refractivity contribution in [3.05, 3.63) is 47.9 Å². The third-order valence-corrected chi connectivity index (χ3v) is 5.81. The van der Waals surface area contributed by atoms with E-state index in [1.54, 1.807) is 25.4 Å². The number of hydrogen-bond donors (Lipinski definition) is 0. The van der Waals surface area contributed by atoms with Crippen LogP contribution in [-0.4, -0.2) is 62.4 Å². The molecule has 2 aliphatic heterocycles. The van der Waals surface area contributed by atoms with E-state index in [1.165, 1.54) is 0 Å². The predicted octanol–water partition coefficient (Wildman–Crippen LogP) is 0.894. The number of nitrogens with zero attached hydrogens (tertiary/aromatic N) is 5. The van der Waals surface area contributed by atoms with Crippen LogP contribution in [0, 0.1) is 0 Å². The van der Waals surface area contributed by atoms with Gasteiger partial charge in [-0.25, -0.2) is 9.97 Å². The first-order chi connectivity index (χ1) is 12.6. The summed E-state index contributed by atoms with van der Waals surface area (Å²) in [5.41, 5.74) is 0.686. The van der Waals surface area contributed by atoms with Gasteiger partial charge in [0.05, 0.1) is 0 Å². The molecule has 0 N–H and O–H groups in total. The molecular weight excluding hydrogens is 354 g/mol. The summed E-state index contributed by atoms with van der Waals surface area (Å²) >= 11 is 0. The second-order valence-corrected chi connectivity index (χ2v) is 7.70. The third-order valence-electron chi connectivity index (χ3n) is 4.48. The minimum Gasteiger partial charge on any atom is -0.377 e. The lowest BCUT2D eigenvalue weighted by molar-refractivity contribution is 0.178. The molecule has 0 bridgehead atoms. The van der Waals surface area contributed by atoms with E-state index in [0.29, 0.717) is 36.9 Å². The van der Waals surface area contributed by atoms with Crippen LogP contribution < -0.4 is 4.90 Å². The van der Waals surface area contributed by atoms with Gasteiger partial charge in [-0.15, -0.1) is 4.40 Å². The number of benzene rings is 1. The first kappa shape index (κ1) is 16.9. The van der Waals surface area contributed by atoms with E-state index in [1.807, 2.05) is 23.1 Å². The monoisotopic (exact) mass is 373 g/mol. The molecule has 0 atom stereocenters. The van der Waals surface area contributed by atoms with Crippen molar-refractivity contribution in [1.82, 2.24) is 14.9 Å². The van der Waals surface area contributed by atoms with Gasteiger partial charge in [0.15, 0.2) is 11.7 Å². The van der Waals surface area contributed by atoms with Crippen LogP contribution in [0.15, 0.2) is 45.8 Å². The zero-order valence-electron chi connectivity index (χ0n) is 14.4. The van der Waals surface area contributed by atoms with Gasteiger partial charge in [0.2, 0.25) is 0 Å². The fraction of sp³-hybridized carbons (Fsp3) is 0.353. The molecule has 1 fully saturated rings. The molecular formula is C17H19N5O3S. The molecule has 2 aliphatic rings. The molecule has 1 aromatic heterocycles. The van der Waals surface area contributed by atoms with Gasteiger partial charge in [0.1, 0.15) is 17.3 Å². The molecule has 1 saturated heterocycles. The molecule has 9 heteroatoms. The highest BCUT2D eigenvalue weighted by Crippen LogP contribution is 2.28. The normalized spacial score (nSPS) is 18.6. The maximum Gasteiger partial charge on any atom is 0.285 e. The Hall–Kier alpha value is -2.52. The molecule has 0 spiro atoms. The third kappa shape index (κ3) is 3.04. The smallest absolute Gasteiger partial charge is 0.285 e. The number of piperazine rings is 1. The molecule has 2 aromatic rings. The fourth-order valence-electron chi connectivity index (χ4n) is 3.23. The molecule has 8 nitrogen and oxygen atoms in total. The first-order valence-corrected chi connectivity index (χ1v) is 9.77. The van der Waals surface area contributed by atoms with Gasteiger partial charge < -0.3 is 14.5 Å². The molecule has 26 heavy (non-hydrogen) atoms. The first-order valence-electron chi connectivity index (χ1n) is 8.33. The molecule has 0 saturated carbocycles. The van der Waals surface area contributed by atoms with Crippen LogP contribution in [0.2, 0.25) is 0 Å².